The van der Waals surface area contributed by atoms with Crippen LogP contribution in [0, 0.1) is 0 Å². The van der Waals surface area contributed by atoms with Crippen LogP contribution in [0.25, 0.3) is 0 Å². The van der Waals surface area contributed by atoms with Gasteiger partial charge in [-0.05, 0) is 0 Å². The molecule has 0 amide bonds. The summed E-state index contributed by atoms with van der Waals surface area (Å²) in [4.78, 5) is 0. The summed E-state index contributed by atoms with van der Waals surface area (Å²) in [7, 11) is 0. The monoisotopic (exact) mass is 394 g/mol. The molecule has 0 aromatic rings. The minimum Gasteiger partial charge on any atom is -0.390 e. The quantitative estimate of drug-likeness (QED) is 0.637. The van der Waals surface area contributed by atoms with Crippen LogP contribution < -0.4 is 0 Å². The molecule has 0 saturated carbocycles. The van der Waals surface area contributed by atoms with Gasteiger partial charge in [-0.1, -0.05) is 0 Å². The van der Waals surface area contributed by atoms with Gasteiger partial charge in [0.2, 0.25) is 0 Å². The zero-order valence-electron chi connectivity index (χ0n) is 10.1. The van der Waals surface area contributed by atoms with Crippen molar-refractivity contribution in [2.24, 2.45) is 0 Å². The van der Waals surface area contributed by atoms with Gasteiger partial charge in [0.25, 0.3) is 0 Å². The van der Waals surface area contributed by atoms with Gasteiger partial charge in [0.05, 0.1) is 0 Å². The van der Waals surface area contributed by atoms with Gasteiger partial charge in [-0.3, -0.25) is 0 Å². The van der Waals surface area contributed by atoms with E-state index in [0.717, 1.165) is 0 Å². The Morgan fingerprint density at radius 2 is 0.917 bits per heavy atom. The van der Waals surface area contributed by atoms with Crippen LogP contribution in [0.4, 0.5) is 61.5 Å². The fourth-order valence-corrected chi connectivity index (χ4v) is 1.22. The molecule has 0 bridgehead atoms. The Labute approximate surface area is 120 Å². The first kappa shape index (κ1) is 20.4. The molecule has 0 atom stereocenters. The molecule has 0 saturated heterocycles. The van der Waals surface area contributed by atoms with Crippen molar-refractivity contribution in [3.05, 3.63) is 12.0 Å². The molecule has 1 aliphatic rings. The van der Waals surface area contributed by atoms with Gasteiger partial charge in [0.1, 0.15) is 0 Å². The average molecular weight is 394 g/mol. The predicted octanol–water partition coefficient (Wildman–Crippen LogP) is 4.83. The third kappa shape index (κ3) is 2.32. The summed E-state index contributed by atoms with van der Waals surface area (Å²) in [5.41, 5.74) is 0. The molecule has 0 N–H and O–H groups in total. The van der Waals surface area contributed by atoms with Crippen molar-refractivity contribution in [1.29, 1.82) is 0 Å². The molecular formula is C8F14O2. The summed E-state index contributed by atoms with van der Waals surface area (Å²) in [5, 5.41) is 0. The molecule has 0 aliphatic carbocycles. The van der Waals surface area contributed by atoms with E-state index in [1.807, 2.05) is 0 Å². The number of ether oxygens (including phenoxy) is 2. The lowest BCUT2D eigenvalue weighted by Crippen LogP contribution is -2.71. The SMILES string of the molecule is FC1=C(F)OC(F)(C(F)(F)C(F)(F)C(F)(F)C(F)(F)C(F)(F)F)O1. The van der Waals surface area contributed by atoms with E-state index in [1.54, 1.807) is 0 Å². The van der Waals surface area contributed by atoms with Crippen LogP contribution in [0.2, 0.25) is 0 Å². The predicted molar refractivity (Wildman–Crippen MR) is 41.1 cm³/mol. The van der Waals surface area contributed by atoms with Crippen LogP contribution in [0.3, 0.4) is 0 Å². The summed E-state index contributed by atoms with van der Waals surface area (Å²) >= 11 is 0. The van der Waals surface area contributed by atoms with E-state index in [0.29, 0.717) is 0 Å². The van der Waals surface area contributed by atoms with Crippen molar-refractivity contribution >= 4 is 0 Å². The van der Waals surface area contributed by atoms with Crippen molar-refractivity contribution < 1.29 is 70.9 Å². The normalized spacial score (nSPS) is 20.1. The second-order valence-electron chi connectivity index (χ2n) is 4.08. The minimum atomic E-state index is -7.98. The zero-order valence-corrected chi connectivity index (χ0v) is 10.1. The zero-order chi connectivity index (χ0) is 19.6. The van der Waals surface area contributed by atoms with Gasteiger partial charge in [-0.15, -0.1) is 0 Å². The molecule has 1 aliphatic heterocycles. The van der Waals surface area contributed by atoms with Gasteiger partial charge >= 0.3 is 47.9 Å². The van der Waals surface area contributed by atoms with Gasteiger partial charge in [-0.2, -0.15) is 61.5 Å². The second-order valence-corrected chi connectivity index (χ2v) is 4.08. The highest BCUT2D eigenvalue weighted by Crippen LogP contribution is 2.61. The largest absolute Gasteiger partial charge is 0.485 e. The van der Waals surface area contributed by atoms with E-state index in [9.17, 15) is 61.5 Å². The number of hydrogen-bond acceptors (Lipinski definition) is 2. The van der Waals surface area contributed by atoms with E-state index in [2.05, 4.69) is 9.47 Å². The molecule has 24 heavy (non-hydrogen) atoms. The van der Waals surface area contributed by atoms with E-state index in [4.69, 9.17) is 0 Å². The molecule has 1 heterocycles. The van der Waals surface area contributed by atoms with Gasteiger partial charge in [0, 0.05) is 0 Å². The summed E-state index contributed by atoms with van der Waals surface area (Å²) < 4.78 is 181. The topological polar surface area (TPSA) is 18.5 Å². The smallest absolute Gasteiger partial charge is 0.390 e. The fraction of sp³-hybridized carbons (Fsp3) is 0.750. The Morgan fingerprint density at radius 3 is 1.21 bits per heavy atom. The standard InChI is InChI=1S/C8F14O2/c9-1-2(10)24-8(22,23-1)6(17,18)4(13,14)3(11,12)5(15,16)7(19,20)21. The maximum atomic E-state index is 13.2. The van der Waals surface area contributed by atoms with E-state index >= 15 is 0 Å². The van der Waals surface area contributed by atoms with Crippen LogP contribution in [0.15, 0.2) is 12.0 Å². The van der Waals surface area contributed by atoms with E-state index in [-0.39, 0.29) is 0 Å². The first-order valence-electron chi connectivity index (χ1n) is 4.96. The van der Waals surface area contributed by atoms with Crippen molar-refractivity contribution in [3.8, 4) is 0 Å². The van der Waals surface area contributed by atoms with Crippen LogP contribution in [0.5, 0.6) is 0 Å². The highest BCUT2D eigenvalue weighted by atomic mass is 19.4. The summed E-state index contributed by atoms with van der Waals surface area (Å²) in [6.07, 6.45) is -7.48. The van der Waals surface area contributed by atoms with Crippen molar-refractivity contribution in [1.82, 2.24) is 0 Å². The average Bonchev–Trinajstić information content (AvgIpc) is 2.62. The molecule has 0 radical (unpaired) electrons. The molecular weight excluding hydrogens is 394 g/mol. The number of hydrogen-bond donors (Lipinski definition) is 0. The fourth-order valence-electron chi connectivity index (χ4n) is 1.22. The van der Waals surface area contributed by atoms with Crippen molar-refractivity contribution in [3.63, 3.8) is 0 Å². The molecule has 0 aromatic heterocycles. The molecule has 1 rings (SSSR count). The third-order valence-electron chi connectivity index (χ3n) is 2.51. The first-order valence-corrected chi connectivity index (χ1v) is 4.96. The molecule has 16 heteroatoms. The summed E-state index contributed by atoms with van der Waals surface area (Å²) in [6.45, 7) is 0. The molecule has 2 nitrogen and oxygen atoms in total. The lowest BCUT2D eigenvalue weighted by molar-refractivity contribution is -0.471. The maximum Gasteiger partial charge on any atom is 0.485 e. The Balaban J connectivity index is 3.42. The number of halogens is 14. The maximum absolute atomic E-state index is 13.2. The molecule has 0 fully saturated rings. The van der Waals surface area contributed by atoms with Crippen LogP contribution in [-0.4, -0.2) is 35.9 Å². The molecule has 0 spiro atoms. The highest BCUT2D eigenvalue weighted by Gasteiger charge is 2.92. The number of rotatable bonds is 4. The first-order chi connectivity index (χ1) is 10.3. The van der Waals surface area contributed by atoms with Crippen molar-refractivity contribution in [2.45, 2.75) is 35.9 Å². The van der Waals surface area contributed by atoms with E-state index in [1.165, 1.54) is 0 Å². The number of alkyl halides is 12. The van der Waals surface area contributed by atoms with Gasteiger partial charge in [0.15, 0.2) is 0 Å². The third-order valence-corrected chi connectivity index (χ3v) is 2.51. The Hall–Kier alpha value is -1.64. The Kier molecular flexibility index (Phi) is 4.20. The Morgan fingerprint density at radius 1 is 0.583 bits per heavy atom. The van der Waals surface area contributed by atoms with Crippen molar-refractivity contribution in [2.75, 3.05) is 0 Å². The summed E-state index contributed by atoms with van der Waals surface area (Å²) in [6, 6.07) is -12.4. The summed E-state index contributed by atoms with van der Waals surface area (Å²) in [5.74, 6) is -31.1. The van der Waals surface area contributed by atoms with Gasteiger partial charge < -0.3 is 9.47 Å². The molecule has 0 aromatic carbocycles. The van der Waals surface area contributed by atoms with Gasteiger partial charge in [-0.25, -0.2) is 0 Å². The highest BCUT2D eigenvalue weighted by molar-refractivity contribution is 5.11. The second kappa shape index (κ2) is 4.93. The molecule has 142 valence electrons. The lowest BCUT2D eigenvalue weighted by atomic mass is 9.97. The van der Waals surface area contributed by atoms with Crippen LogP contribution in [-0.2, 0) is 9.47 Å². The van der Waals surface area contributed by atoms with Crippen LogP contribution >= 0.6 is 0 Å². The van der Waals surface area contributed by atoms with E-state index < -0.39 is 47.9 Å². The minimum absolute atomic E-state index is 2.47. The Bertz CT molecular complexity index is 531. The van der Waals surface area contributed by atoms with Crippen LogP contribution in [0.1, 0.15) is 0 Å². The molecule has 0 unspecified atom stereocenters. The lowest BCUT2D eigenvalue weighted by Gasteiger charge is -2.39.